The Kier molecular flexibility index (Phi) is 17.6. The minimum Gasteiger partial charge on any atom is -0.480 e. The maximum absolute atomic E-state index is 11.5. The van der Waals surface area contributed by atoms with Crippen LogP contribution in [-0.2, 0) is 19.2 Å². The van der Waals surface area contributed by atoms with Gasteiger partial charge in [0.25, 0.3) is 0 Å². The molecule has 32 heavy (non-hydrogen) atoms. The molecule has 0 aliphatic heterocycles. The first-order valence-electron chi connectivity index (χ1n) is 9.14. The van der Waals surface area contributed by atoms with E-state index in [4.69, 9.17) is 46.6 Å². The van der Waals surface area contributed by atoms with Crippen molar-refractivity contribution >= 4 is 36.4 Å². The number of carbonyl (C=O) groups is 4. The molecule has 0 spiro atoms. The first-order chi connectivity index (χ1) is 14.8. The fourth-order valence-corrected chi connectivity index (χ4v) is 2.08. The van der Waals surface area contributed by atoms with E-state index in [1.54, 1.807) is 0 Å². The van der Waals surface area contributed by atoms with Crippen LogP contribution in [-0.4, -0.2) is 127 Å². The molecule has 2 amide bonds. The summed E-state index contributed by atoms with van der Waals surface area (Å²) in [5.74, 6) is -3.70. The molecule has 188 valence electrons. The molecule has 0 aliphatic rings. The zero-order chi connectivity index (χ0) is 25.4. The molecule has 16 heteroatoms. The highest BCUT2D eigenvalue weighted by molar-refractivity contribution is 7.80. The molecule has 0 saturated heterocycles. The van der Waals surface area contributed by atoms with E-state index >= 15 is 0 Å². The normalized spacial score (nSPS) is 16.2. The lowest BCUT2D eigenvalue weighted by Gasteiger charge is -2.24. The lowest BCUT2D eigenvalue weighted by atomic mass is 10.0. The second-order valence-corrected chi connectivity index (χ2v) is 6.74. The smallest absolute Gasteiger partial charge is 0.322 e. The molecule has 0 aromatic heterocycles. The van der Waals surface area contributed by atoms with Gasteiger partial charge in [0.15, 0.2) is 0 Å². The quantitative estimate of drug-likeness (QED) is 0.101. The van der Waals surface area contributed by atoms with Gasteiger partial charge in [0.05, 0.1) is 13.2 Å². The van der Waals surface area contributed by atoms with Gasteiger partial charge in [-0.05, 0) is 6.42 Å². The molecule has 0 aromatic carbocycles. The van der Waals surface area contributed by atoms with Crippen molar-refractivity contribution in [2.75, 3.05) is 25.5 Å². The largest absolute Gasteiger partial charge is 0.480 e. The summed E-state index contributed by atoms with van der Waals surface area (Å²) in [6.07, 6.45) is -6.63. The van der Waals surface area contributed by atoms with Gasteiger partial charge >= 0.3 is 11.9 Å². The minimum atomic E-state index is -1.67. The number of carboxylic acids is 2. The molecule has 0 rings (SSSR count). The topological polar surface area (TPSA) is 280 Å². The van der Waals surface area contributed by atoms with Crippen molar-refractivity contribution in [3.8, 4) is 0 Å². The third kappa shape index (κ3) is 14.1. The van der Waals surface area contributed by atoms with Gasteiger partial charge in [-0.3, -0.25) is 19.2 Å². The van der Waals surface area contributed by atoms with Crippen LogP contribution in [0.15, 0.2) is 0 Å². The second kappa shape index (κ2) is 17.5. The van der Waals surface area contributed by atoms with Gasteiger partial charge in [0, 0.05) is 12.2 Å². The van der Waals surface area contributed by atoms with Gasteiger partial charge in [-0.1, -0.05) is 0 Å². The molecule has 15 nitrogen and oxygen atoms in total. The van der Waals surface area contributed by atoms with Crippen LogP contribution in [0.5, 0.6) is 0 Å². The number of hydrogen-bond donors (Lipinski definition) is 12. The summed E-state index contributed by atoms with van der Waals surface area (Å²) in [6, 6.07) is -2.15. The predicted octanol–water partition coefficient (Wildman–Crippen LogP) is -5.79. The Bertz CT molecular complexity index is 583. The fraction of sp³-hybridized carbons (Fsp3) is 0.750. The van der Waals surface area contributed by atoms with Crippen molar-refractivity contribution in [2.24, 2.45) is 5.73 Å². The van der Waals surface area contributed by atoms with E-state index in [-0.39, 0.29) is 18.6 Å². The van der Waals surface area contributed by atoms with E-state index in [2.05, 4.69) is 23.3 Å². The van der Waals surface area contributed by atoms with Crippen LogP contribution in [0.1, 0.15) is 12.8 Å². The standard InChI is InChI=1S/C10H17N3O6S.C6H14O6/c11-5(10(18)19)1-2-7(14)13-6(4-20)9(17)12-3-8(15)16;7-1-3(9)5(11)6(12)4(10)2-8/h5-6,20H,1-4,11H2,(H,12,17)(H,13,14)(H,15,16)(H,18,19);3-12H,1-2H2/t5-,6-;3-,4-,5-,6-/m01/s1. The number of amides is 2. The molecule has 0 aromatic rings. The van der Waals surface area contributed by atoms with Crippen molar-refractivity contribution in [1.29, 1.82) is 0 Å². The van der Waals surface area contributed by atoms with Crippen molar-refractivity contribution in [2.45, 2.75) is 49.3 Å². The van der Waals surface area contributed by atoms with Crippen LogP contribution in [0.25, 0.3) is 0 Å². The van der Waals surface area contributed by atoms with E-state index in [9.17, 15) is 19.2 Å². The highest BCUT2D eigenvalue weighted by atomic mass is 32.1. The van der Waals surface area contributed by atoms with Crippen molar-refractivity contribution in [3.05, 3.63) is 0 Å². The molecule has 0 unspecified atom stereocenters. The number of carbonyl (C=O) groups excluding carboxylic acids is 2. The van der Waals surface area contributed by atoms with Crippen molar-refractivity contribution in [3.63, 3.8) is 0 Å². The summed E-state index contributed by atoms with van der Waals surface area (Å²) in [6.45, 7) is -2.02. The Morgan fingerprint density at radius 1 is 0.906 bits per heavy atom. The highest BCUT2D eigenvalue weighted by Crippen LogP contribution is 2.04. The van der Waals surface area contributed by atoms with Crippen LogP contribution in [0, 0.1) is 0 Å². The maximum atomic E-state index is 11.5. The van der Waals surface area contributed by atoms with Gasteiger partial charge in [0.1, 0.15) is 43.0 Å². The Hall–Kier alpha value is -2.05. The number of thiol groups is 1. The molecule has 0 fully saturated rings. The second-order valence-electron chi connectivity index (χ2n) is 6.38. The lowest BCUT2D eigenvalue weighted by molar-refractivity contribution is -0.139. The zero-order valence-corrected chi connectivity index (χ0v) is 17.8. The number of nitrogens with two attached hydrogens (primary N) is 1. The summed E-state index contributed by atoms with van der Waals surface area (Å²) in [5, 5.41) is 73.5. The SMILES string of the molecule is N[C@@H](CCC(=O)N[C@@H](CS)C(=O)NCC(=O)O)C(=O)O.OC[C@@H](O)[C@@H](O)[C@H](O)[C@H](O)CO. The zero-order valence-electron chi connectivity index (χ0n) is 16.9. The van der Waals surface area contributed by atoms with Crippen molar-refractivity contribution in [1.82, 2.24) is 10.6 Å². The molecule has 0 bridgehead atoms. The maximum Gasteiger partial charge on any atom is 0.322 e. The molecule has 0 saturated carbocycles. The number of aliphatic carboxylic acids is 2. The van der Waals surface area contributed by atoms with Gasteiger partial charge < -0.3 is 57.2 Å². The highest BCUT2D eigenvalue weighted by Gasteiger charge is 2.29. The average molecular weight is 490 g/mol. The first kappa shape index (κ1) is 32.1. The van der Waals surface area contributed by atoms with Crippen LogP contribution < -0.4 is 16.4 Å². The molecule has 0 heterocycles. The lowest BCUT2D eigenvalue weighted by Crippen LogP contribution is -2.49. The van der Waals surface area contributed by atoms with E-state index in [0.29, 0.717) is 0 Å². The van der Waals surface area contributed by atoms with Gasteiger partial charge in [0.2, 0.25) is 11.8 Å². The number of aliphatic hydroxyl groups excluding tert-OH is 6. The Morgan fingerprint density at radius 2 is 1.38 bits per heavy atom. The van der Waals surface area contributed by atoms with Crippen molar-refractivity contribution < 1.29 is 60.0 Å². The van der Waals surface area contributed by atoms with Crippen LogP contribution in [0.2, 0.25) is 0 Å². The van der Waals surface area contributed by atoms with Crippen LogP contribution >= 0.6 is 12.6 Å². The molecule has 0 aliphatic carbocycles. The molecular formula is C16H31N3O12S. The Labute approximate surface area is 188 Å². The van der Waals surface area contributed by atoms with Gasteiger partial charge in [-0.15, -0.1) is 0 Å². The molecule has 0 radical (unpaired) electrons. The van der Waals surface area contributed by atoms with Gasteiger partial charge in [-0.2, -0.15) is 12.6 Å². The predicted molar refractivity (Wildman–Crippen MR) is 109 cm³/mol. The van der Waals surface area contributed by atoms with E-state index in [1.807, 2.05) is 0 Å². The molecular weight excluding hydrogens is 458 g/mol. The summed E-state index contributed by atoms with van der Waals surface area (Å²) in [5.41, 5.74) is 5.23. The Balaban J connectivity index is 0. The van der Waals surface area contributed by atoms with Crippen LogP contribution in [0.4, 0.5) is 0 Å². The summed E-state index contributed by atoms with van der Waals surface area (Å²) in [7, 11) is 0. The first-order valence-corrected chi connectivity index (χ1v) is 9.77. The summed E-state index contributed by atoms with van der Waals surface area (Å²) < 4.78 is 0. The molecule has 6 atom stereocenters. The van der Waals surface area contributed by atoms with E-state index in [0.717, 1.165) is 0 Å². The number of rotatable bonds is 14. The minimum absolute atomic E-state index is 0.0256. The van der Waals surface area contributed by atoms with E-state index in [1.165, 1.54) is 0 Å². The number of nitrogens with one attached hydrogen (secondary N) is 2. The fourth-order valence-electron chi connectivity index (χ4n) is 1.83. The van der Waals surface area contributed by atoms with Crippen LogP contribution in [0.3, 0.4) is 0 Å². The molecule has 12 N–H and O–H groups in total. The number of carboxylic acid groups (broad SMARTS) is 2. The van der Waals surface area contributed by atoms with Gasteiger partial charge in [-0.25, -0.2) is 0 Å². The number of aliphatic hydroxyl groups is 6. The third-order valence-corrected chi connectivity index (χ3v) is 4.13. The Morgan fingerprint density at radius 3 is 1.72 bits per heavy atom. The average Bonchev–Trinajstić information content (AvgIpc) is 2.77. The third-order valence-electron chi connectivity index (χ3n) is 3.76. The number of hydrogen-bond acceptors (Lipinski definition) is 12. The van der Waals surface area contributed by atoms with E-state index < -0.39 is 80.0 Å². The summed E-state index contributed by atoms with van der Waals surface area (Å²) >= 11 is 3.87. The monoisotopic (exact) mass is 489 g/mol. The summed E-state index contributed by atoms with van der Waals surface area (Å²) in [4.78, 5) is 43.7.